The zero-order chi connectivity index (χ0) is 14.0. The van der Waals surface area contributed by atoms with Crippen molar-refractivity contribution >= 4 is 15.9 Å². The molecule has 2 rings (SSSR count). The molecule has 1 aliphatic rings. The lowest BCUT2D eigenvalue weighted by Gasteiger charge is -2.33. The van der Waals surface area contributed by atoms with Crippen molar-refractivity contribution in [1.29, 1.82) is 0 Å². The number of nitrogens with zero attached hydrogens (tertiary/aromatic N) is 1. The van der Waals surface area contributed by atoms with Gasteiger partial charge in [0, 0.05) is 18.2 Å². The zero-order valence-corrected chi connectivity index (χ0v) is 13.0. The van der Waals surface area contributed by atoms with Gasteiger partial charge in [0.15, 0.2) is 0 Å². The van der Waals surface area contributed by atoms with E-state index in [0.717, 1.165) is 18.8 Å². The van der Waals surface area contributed by atoms with Crippen LogP contribution in [0.25, 0.3) is 0 Å². The van der Waals surface area contributed by atoms with Crippen LogP contribution >= 0.6 is 15.9 Å². The van der Waals surface area contributed by atoms with Crippen molar-refractivity contribution < 1.29 is 8.78 Å². The maximum atomic E-state index is 13.9. The second-order valence-electron chi connectivity index (χ2n) is 5.65. The molecular formula is C15H20BrF2N. The number of hydrogen-bond donors (Lipinski definition) is 0. The molecule has 0 aliphatic heterocycles. The molecule has 1 aliphatic carbocycles. The van der Waals surface area contributed by atoms with E-state index >= 15 is 0 Å². The lowest BCUT2D eigenvalue weighted by Crippen LogP contribution is -2.34. The molecule has 0 bridgehead atoms. The van der Waals surface area contributed by atoms with E-state index in [2.05, 4.69) is 27.8 Å². The van der Waals surface area contributed by atoms with Crippen molar-refractivity contribution in [2.24, 2.45) is 5.92 Å². The first-order valence-electron chi connectivity index (χ1n) is 6.81. The lowest BCUT2D eigenvalue weighted by atomic mass is 9.86. The van der Waals surface area contributed by atoms with Crippen molar-refractivity contribution in [3.63, 3.8) is 0 Å². The first-order valence-corrected chi connectivity index (χ1v) is 7.61. The molecule has 0 amide bonds. The van der Waals surface area contributed by atoms with Crippen LogP contribution in [-0.4, -0.2) is 18.0 Å². The third-order valence-electron chi connectivity index (χ3n) is 4.16. The Hall–Kier alpha value is -0.480. The third kappa shape index (κ3) is 3.54. The summed E-state index contributed by atoms with van der Waals surface area (Å²) < 4.78 is 28.0. The fourth-order valence-corrected chi connectivity index (χ4v) is 3.15. The second-order valence-corrected chi connectivity index (χ2v) is 6.50. The number of halogens is 3. The van der Waals surface area contributed by atoms with Gasteiger partial charge in [0.05, 0.1) is 4.47 Å². The summed E-state index contributed by atoms with van der Waals surface area (Å²) in [5.41, 5.74) is 0.162. The van der Waals surface area contributed by atoms with E-state index in [9.17, 15) is 8.78 Å². The maximum Gasteiger partial charge on any atom is 0.144 e. The van der Waals surface area contributed by atoms with Gasteiger partial charge in [-0.1, -0.05) is 6.92 Å². The summed E-state index contributed by atoms with van der Waals surface area (Å²) in [6, 6.07) is 3.17. The molecule has 0 radical (unpaired) electrons. The number of benzene rings is 1. The Bertz CT molecular complexity index is 442. The Kier molecular flexibility index (Phi) is 4.96. The van der Waals surface area contributed by atoms with Crippen LogP contribution in [0.3, 0.4) is 0 Å². The van der Waals surface area contributed by atoms with Crippen molar-refractivity contribution in [1.82, 2.24) is 4.90 Å². The van der Waals surface area contributed by atoms with Gasteiger partial charge in [0.25, 0.3) is 0 Å². The predicted molar refractivity (Wildman–Crippen MR) is 76.9 cm³/mol. The van der Waals surface area contributed by atoms with Gasteiger partial charge in [0.1, 0.15) is 11.6 Å². The minimum Gasteiger partial charge on any atom is -0.299 e. The van der Waals surface area contributed by atoms with Gasteiger partial charge in [-0.05, 0) is 66.7 Å². The molecule has 0 aromatic heterocycles. The molecule has 0 heterocycles. The Morgan fingerprint density at radius 3 is 2.47 bits per heavy atom. The normalized spacial score (nSPS) is 23.9. The highest BCUT2D eigenvalue weighted by molar-refractivity contribution is 9.10. The van der Waals surface area contributed by atoms with Crippen molar-refractivity contribution in [3.05, 3.63) is 33.8 Å². The minimum atomic E-state index is -0.476. The van der Waals surface area contributed by atoms with Crippen LogP contribution in [0.15, 0.2) is 16.6 Å². The number of rotatable bonds is 3. The summed E-state index contributed by atoms with van der Waals surface area (Å²) in [6.07, 6.45) is 4.65. The summed E-state index contributed by atoms with van der Waals surface area (Å²) in [6.45, 7) is 2.60. The lowest BCUT2D eigenvalue weighted by molar-refractivity contribution is 0.160. The Labute approximate surface area is 122 Å². The first kappa shape index (κ1) is 14.9. The van der Waals surface area contributed by atoms with Gasteiger partial charge in [-0.3, -0.25) is 4.90 Å². The van der Waals surface area contributed by atoms with E-state index in [1.165, 1.54) is 25.0 Å². The Balaban J connectivity index is 2.07. The highest BCUT2D eigenvalue weighted by Gasteiger charge is 2.23. The largest absolute Gasteiger partial charge is 0.299 e. The van der Waals surface area contributed by atoms with Crippen LogP contribution in [0.2, 0.25) is 0 Å². The summed E-state index contributed by atoms with van der Waals surface area (Å²) >= 11 is 3.11. The monoisotopic (exact) mass is 331 g/mol. The first-order chi connectivity index (χ1) is 8.99. The summed E-state index contributed by atoms with van der Waals surface area (Å²) in [4.78, 5) is 2.08. The van der Waals surface area contributed by atoms with Crippen molar-refractivity contribution in [2.75, 3.05) is 7.05 Å². The molecule has 0 unspecified atom stereocenters. The van der Waals surface area contributed by atoms with Crippen molar-refractivity contribution in [2.45, 2.75) is 45.2 Å². The Morgan fingerprint density at radius 1 is 1.21 bits per heavy atom. The van der Waals surface area contributed by atoms with Crippen LogP contribution in [0.5, 0.6) is 0 Å². The average Bonchev–Trinajstić information content (AvgIpc) is 2.40. The molecule has 106 valence electrons. The molecule has 19 heavy (non-hydrogen) atoms. The fraction of sp³-hybridized carbons (Fsp3) is 0.600. The molecule has 4 heteroatoms. The van der Waals surface area contributed by atoms with E-state index in [-0.39, 0.29) is 5.56 Å². The van der Waals surface area contributed by atoms with Gasteiger partial charge in [-0.25, -0.2) is 8.78 Å². The Morgan fingerprint density at radius 2 is 1.84 bits per heavy atom. The predicted octanol–water partition coefficient (Wildman–Crippen LogP) is 4.74. The summed E-state index contributed by atoms with van der Waals surface area (Å²) in [7, 11) is 1.96. The molecule has 0 N–H and O–H groups in total. The van der Waals surface area contributed by atoms with Crippen LogP contribution in [0, 0.1) is 17.6 Å². The summed E-state index contributed by atoms with van der Waals surface area (Å²) in [5.74, 6) is -0.156. The highest BCUT2D eigenvalue weighted by atomic mass is 79.9. The standard InChI is InChI=1S/C15H20BrF2N/c1-10-3-5-11(6-4-10)19(2)9-12-14(17)8-7-13(16)15(12)18/h7-8,10-11H,3-6,9H2,1-2H3. The van der Waals surface area contributed by atoms with Gasteiger partial charge >= 0.3 is 0 Å². The summed E-state index contributed by atoms with van der Waals surface area (Å²) in [5, 5.41) is 0. The van der Waals surface area contributed by atoms with Gasteiger partial charge in [-0.15, -0.1) is 0 Å². The molecule has 0 atom stereocenters. The van der Waals surface area contributed by atoms with Crippen LogP contribution < -0.4 is 0 Å². The van der Waals surface area contributed by atoms with E-state index < -0.39 is 11.6 Å². The van der Waals surface area contributed by atoms with E-state index in [0.29, 0.717) is 17.1 Å². The average molecular weight is 332 g/mol. The fourth-order valence-electron chi connectivity index (χ4n) is 2.78. The molecule has 1 aromatic rings. The van der Waals surface area contributed by atoms with E-state index in [1.54, 1.807) is 0 Å². The van der Waals surface area contributed by atoms with E-state index in [1.807, 2.05) is 7.05 Å². The van der Waals surface area contributed by atoms with Crippen LogP contribution in [0.4, 0.5) is 8.78 Å². The minimum absolute atomic E-state index is 0.162. The highest BCUT2D eigenvalue weighted by Crippen LogP contribution is 2.29. The molecule has 0 saturated heterocycles. The topological polar surface area (TPSA) is 3.24 Å². The molecular weight excluding hydrogens is 312 g/mol. The van der Waals surface area contributed by atoms with Crippen molar-refractivity contribution in [3.8, 4) is 0 Å². The second kappa shape index (κ2) is 6.31. The van der Waals surface area contributed by atoms with Gasteiger partial charge in [-0.2, -0.15) is 0 Å². The smallest absolute Gasteiger partial charge is 0.144 e. The third-order valence-corrected chi connectivity index (χ3v) is 4.77. The molecule has 1 saturated carbocycles. The zero-order valence-electron chi connectivity index (χ0n) is 11.4. The van der Waals surface area contributed by atoms with Gasteiger partial charge < -0.3 is 0 Å². The van der Waals surface area contributed by atoms with Crippen LogP contribution in [0.1, 0.15) is 38.2 Å². The molecule has 1 aromatic carbocycles. The SMILES string of the molecule is CC1CCC(N(C)Cc2c(F)ccc(Br)c2F)CC1. The maximum absolute atomic E-state index is 13.9. The van der Waals surface area contributed by atoms with Crippen LogP contribution in [-0.2, 0) is 6.54 Å². The molecule has 0 spiro atoms. The van der Waals surface area contributed by atoms with E-state index in [4.69, 9.17) is 0 Å². The quantitative estimate of drug-likeness (QED) is 0.723. The number of hydrogen-bond acceptors (Lipinski definition) is 1. The molecule has 1 nitrogen and oxygen atoms in total. The molecule has 1 fully saturated rings. The van der Waals surface area contributed by atoms with Gasteiger partial charge in [0.2, 0.25) is 0 Å².